The summed E-state index contributed by atoms with van der Waals surface area (Å²) < 4.78 is 4.50. The maximum atomic E-state index is 10.0. The quantitative estimate of drug-likeness (QED) is 0.386. The molecule has 0 aromatic carbocycles. The average molecular weight is 280 g/mol. The largest absolute Gasteiger partial charge is 0.481 e. The highest BCUT2D eigenvalue weighted by atomic mass is 16.6. The zero-order valence-electron chi connectivity index (χ0n) is 11.8. The topological polar surface area (TPSA) is 111 Å². The molecule has 19 heavy (non-hydrogen) atoms. The number of unbranched alkanes of at least 4 members (excludes halogenated alkanes) is 4. The summed E-state index contributed by atoms with van der Waals surface area (Å²) in [4.78, 5) is 10.0. The van der Waals surface area contributed by atoms with Gasteiger partial charge in [0.1, 0.15) is 6.10 Å². The smallest absolute Gasteiger partial charge is 0.303 e. The zero-order chi connectivity index (χ0) is 14.9. The van der Waals surface area contributed by atoms with E-state index < -0.39 is 12.1 Å². The van der Waals surface area contributed by atoms with Crippen LogP contribution in [0.25, 0.3) is 0 Å². The second kappa shape index (κ2) is 17.3. The molecule has 0 atom stereocenters. The zero-order valence-corrected chi connectivity index (χ0v) is 11.8. The molecule has 6 nitrogen and oxygen atoms in total. The van der Waals surface area contributed by atoms with E-state index >= 15 is 0 Å². The summed E-state index contributed by atoms with van der Waals surface area (Å²) in [6, 6.07) is 0. The fourth-order valence-corrected chi connectivity index (χ4v) is 0.938. The van der Waals surface area contributed by atoms with Crippen LogP contribution in [0, 0.1) is 0 Å². The Kier molecular flexibility index (Phi) is 18.8. The minimum Gasteiger partial charge on any atom is -0.481 e. The van der Waals surface area contributed by atoms with Crippen LogP contribution in [0.4, 0.5) is 0 Å². The number of hydrogen-bond donors (Lipinski definition) is 4. The maximum Gasteiger partial charge on any atom is 0.303 e. The molecule has 1 aliphatic rings. The van der Waals surface area contributed by atoms with Crippen LogP contribution in [-0.2, 0) is 9.53 Å². The molecule has 1 aliphatic heterocycles. The Balaban J connectivity index is 0. The lowest BCUT2D eigenvalue weighted by Gasteiger charge is -1.96. The number of carboxylic acid groups (broad SMARTS) is 1. The molecule has 1 rings (SSSR count). The Bertz CT molecular complexity index is 177. The van der Waals surface area contributed by atoms with Gasteiger partial charge < -0.3 is 25.2 Å². The monoisotopic (exact) mass is 280 g/mol. The molecule has 0 spiro atoms. The minimum atomic E-state index is -0.954. The van der Waals surface area contributed by atoms with Gasteiger partial charge in [-0.05, 0) is 6.42 Å². The van der Waals surface area contributed by atoms with E-state index in [2.05, 4.69) is 11.7 Å². The average Bonchev–Trinajstić information content (AvgIpc) is 3.26. The molecule has 4 N–H and O–H groups in total. The van der Waals surface area contributed by atoms with Crippen LogP contribution in [0.5, 0.6) is 0 Å². The van der Waals surface area contributed by atoms with Gasteiger partial charge in [-0.3, -0.25) is 4.79 Å². The molecule has 1 heterocycles. The number of aliphatic carboxylic acids is 1. The van der Waals surface area contributed by atoms with E-state index in [1.54, 1.807) is 0 Å². The van der Waals surface area contributed by atoms with Crippen LogP contribution < -0.4 is 0 Å². The van der Waals surface area contributed by atoms with Crippen LogP contribution in [0.15, 0.2) is 0 Å². The van der Waals surface area contributed by atoms with E-state index in [1.165, 1.54) is 19.3 Å². The van der Waals surface area contributed by atoms with Gasteiger partial charge in [-0.2, -0.15) is 0 Å². The standard InChI is InChI=1S/C8H16O2.C3H8O3.C2H4O/c1-2-3-4-5-6-7-8(9)10;4-1-3(6)2-5;1-2-3-1/h2-7H2,1H3,(H,9,10);3-6H,1-2H2;1-2H2. The SMILES string of the molecule is C1CO1.CCCCCCCC(=O)O.OCC(O)CO. The fraction of sp³-hybridized carbons (Fsp3) is 0.923. The lowest BCUT2D eigenvalue weighted by Crippen LogP contribution is -2.15. The Hall–Kier alpha value is -0.690. The minimum absolute atomic E-state index is 0.337. The van der Waals surface area contributed by atoms with E-state index in [4.69, 9.17) is 20.4 Å². The van der Waals surface area contributed by atoms with E-state index in [0.29, 0.717) is 6.42 Å². The van der Waals surface area contributed by atoms with Crippen molar-refractivity contribution in [3.05, 3.63) is 0 Å². The van der Waals surface area contributed by atoms with E-state index in [0.717, 1.165) is 26.1 Å². The third-order valence-electron chi connectivity index (χ3n) is 2.12. The van der Waals surface area contributed by atoms with Crippen molar-refractivity contribution >= 4 is 5.97 Å². The van der Waals surface area contributed by atoms with Crippen molar-refractivity contribution < 1.29 is 30.0 Å². The van der Waals surface area contributed by atoms with Gasteiger partial charge in [0.25, 0.3) is 0 Å². The normalized spacial score (nSPS) is 12.1. The molecule has 0 unspecified atom stereocenters. The molecule has 0 radical (unpaired) electrons. The summed E-state index contributed by atoms with van der Waals surface area (Å²) in [6.07, 6.45) is 4.93. The summed E-state index contributed by atoms with van der Waals surface area (Å²) in [7, 11) is 0. The lowest BCUT2D eigenvalue weighted by molar-refractivity contribution is -0.137. The predicted octanol–water partition coefficient (Wildman–Crippen LogP) is 0.780. The van der Waals surface area contributed by atoms with Crippen molar-refractivity contribution in [3.63, 3.8) is 0 Å². The van der Waals surface area contributed by atoms with E-state index in [9.17, 15) is 4.79 Å². The van der Waals surface area contributed by atoms with Gasteiger partial charge in [0.15, 0.2) is 0 Å². The second-order valence-corrected chi connectivity index (χ2v) is 4.19. The van der Waals surface area contributed by atoms with Crippen LogP contribution >= 0.6 is 0 Å². The number of aliphatic hydroxyl groups is 3. The molecule has 0 aromatic heterocycles. The third kappa shape index (κ3) is 31.7. The first kappa shape index (κ1) is 20.6. The Morgan fingerprint density at radius 3 is 1.84 bits per heavy atom. The maximum absolute atomic E-state index is 10.0. The van der Waals surface area contributed by atoms with Crippen molar-refractivity contribution in [1.82, 2.24) is 0 Å². The number of rotatable bonds is 8. The van der Waals surface area contributed by atoms with E-state index in [-0.39, 0.29) is 13.2 Å². The molecule has 6 heteroatoms. The highest BCUT2D eigenvalue weighted by Crippen LogP contribution is 2.04. The van der Waals surface area contributed by atoms with Crippen LogP contribution in [0.3, 0.4) is 0 Å². The number of ether oxygens (including phenoxy) is 1. The summed E-state index contributed by atoms with van der Waals surface area (Å²) in [5.74, 6) is -0.670. The molecular formula is C13H28O6. The van der Waals surface area contributed by atoms with Crippen molar-refractivity contribution in [2.75, 3.05) is 26.4 Å². The number of aliphatic hydroxyl groups excluding tert-OH is 3. The van der Waals surface area contributed by atoms with Gasteiger partial charge in [-0.25, -0.2) is 0 Å². The van der Waals surface area contributed by atoms with Crippen LogP contribution in [0.1, 0.15) is 45.4 Å². The highest BCUT2D eigenvalue weighted by molar-refractivity contribution is 5.66. The molecule has 0 aromatic rings. The van der Waals surface area contributed by atoms with Gasteiger partial charge >= 0.3 is 5.97 Å². The van der Waals surface area contributed by atoms with E-state index in [1.807, 2.05) is 0 Å². The Morgan fingerprint density at radius 2 is 1.58 bits per heavy atom. The number of carbonyl (C=O) groups is 1. The summed E-state index contributed by atoms with van der Waals surface area (Å²) in [5.41, 5.74) is 0. The van der Waals surface area contributed by atoms with Crippen molar-refractivity contribution in [2.45, 2.75) is 51.6 Å². The first-order chi connectivity index (χ1) is 9.08. The number of carboxylic acids is 1. The summed E-state index contributed by atoms with van der Waals surface area (Å²) in [5, 5.41) is 32.3. The number of epoxide rings is 1. The molecule has 116 valence electrons. The second-order valence-electron chi connectivity index (χ2n) is 4.19. The Labute approximate surface area is 115 Å². The summed E-state index contributed by atoms with van der Waals surface area (Å²) >= 11 is 0. The molecule has 0 aliphatic carbocycles. The molecule has 1 saturated heterocycles. The number of hydrogen-bond acceptors (Lipinski definition) is 5. The third-order valence-corrected chi connectivity index (χ3v) is 2.12. The Morgan fingerprint density at radius 1 is 1.11 bits per heavy atom. The van der Waals surface area contributed by atoms with Crippen molar-refractivity contribution in [1.29, 1.82) is 0 Å². The molecule has 0 saturated carbocycles. The highest BCUT2D eigenvalue weighted by Gasteiger charge is 1.95. The molecule has 0 amide bonds. The van der Waals surface area contributed by atoms with Gasteiger partial charge in [0, 0.05) is 6.42 Å². The van der Waals surface area contributed by atoms with Gasteiger partial charge in [-0.1, -0.05) is 32.6 Å². The summed E-state index contributed by atoms with van der Waals surface area (Å²) in [6.45, 7) is 3.42. The predicted molar refractivity (Wildman–Crippen MR) is 72.0 cm³/mol. The van der Waals surface area contributed by atoms with Crippen LogP contribution in [-0.4, -0.2) is 58.9 Å². The molecule has 0 bridgehead atoms. The fourth-order valence-electron chi connectivity index (χ4n) is 0.938. The first-order valence-electron chi connectivity index (χ1n) is 6.77. The molecule has 1 fully saturated rings. The van der Waals surface area contributed by atoms with Crippen molar-refractivity contribution in [3.8, 4) is 0 Å². The van der Waals surface area contributed by atoms with Gasteiger partial charge in [0.2, 0.25) is 0 Å². The first-order valence-corrected chi connectivity index (χ1v) is 6.77. The van der Waals surface area contributed by atoms with Gasteiger partial charge in [-0.15, -0.1) is 0 Å². The lowest BCUT2D eigenvalue weighted by atomic mass is 10.1. The molecular weight excluding hydrogens is 252 g/mol. The van der Waals surface area contributed by atoms with Gasteiger partial charge in [0.05, 0.1) is 26.4 Å². The van der Waals surface area contributed by atoms with Crippen LogP contribution in [0.2, 0.25) is 0 Å². The van der Waals surface area contributed by atoms with Crippen molar-refractivity contribution in [2.24, 2.45) is 0 Å².